The first-order chi connectivity index (χ1) is 16.1. The lowest BCUT2D eigenvalue weighted by molar-refractivity contribution is 0.0987. The fraction of sp³-hybridized carbons (Fsp3) is 0.120. The predicted molar refractivity (Wildman–Crippen MR) is 136 cm³/mol. The summed E-state index contributed by atoms with van der Waals surface area (Å²) in [7, 11) is 0. The zero-order valence-electron chi connectivity index (χ0n) is 18.1. The molecular weight excluding hydrogens is 452 g/mol. The largest absolute Gasteiger partial charge is 0.494 e. The van der Waals surface area contributed by atoms with E-state index in [1.807, 2.05) is 74.5 Å². The third-order valence-corrected chi connectivity index (χ3v) is 6.91. The Kier molecular flexibility index (Phi) is 5.85. The standard InChI is InChI=1S/C25H20N4O2S2/c1-3-31-18-11-9-17(10-12-18)15-26-29(25-28-20-13-8-16(2)14-22(20)33-25)24(30)23-27-19-6-4-5-7-21(19)32-23/h4-15H,3H2,1-2H3/b26-15+. The average molecular weight is 473 g/mol. The van der Waals surface area contributed by atoms with Crippen molar-refractivity contribution in [1.82, 2.24) is 9.97 Å². The third-order valence-electron chi connectivity index (χ3n) is 4.90. The predicted octanol–water partition coefficient (Wildman–Crippen LogP) is 6.29. The molecule has 0 atom stereocenters. The molecule has 0 fully saturated rings. The highest BCUT2D eigenvalue weighted by atomic mass is 32.1. The van der Waals surface area contributed by atoms with Gasteiger partial charge in [-0.2, -0.15) is 10.1 Å². The van der Waals surface area contributed by atoms with E-state index in [4.69, 9.17) is 4.74 Å². The Balaban J connectivity index is 1.53. The number of benzene rings is 3. The lowest BCUT2D eigenvalue weighted by Crippen LogP contribution is -2.25. The number of carbonyl (C=O) groups is 1. The first kappa shape index (κ1) is 21.2. The van der Waals surface area contributed by atoms with Crippen molar-refractivity contribution in [3.8, 4) is 5.75 Å². The van der Waals surface area contributed by atoms with Gasteiger partial charge >= 0.3 is 5.91 Å². The van der Waals surface area contributed by atoms with Crippen LogP contribution in [0.15, 0.2) is 71.8 Å². The number of amides is 1. The molecule has 2 aromatic heterocycles. The highest BCUT2D eigenvalue weighted by Crippen LogP contribution is 2.32. The van der Waals surface area contributed by atoms with Crippen LogP contribution in [0.4, 0.5) is 5.13 Å². The summed E-state index contributed by atoms with van der Waals surface area (Å²) in [5.41, 5.74) is 3.61. The van der Waals surface area contributed by atoms with Crippen LogP contribution >= 0.6 is 22.7 Å². The van der Waals surface area contributed by atoms with Gasteiger partial charge in [0.2, 0.25) is 5.13 Å². The van der Waals surface area contributed by atoms with Crippen LogP contribution in [0.1, 0.15) is 27.9 Å². The average Bonchev–Trinajstić information content (AvgIpc) is 3.44. The molecule has 8 heteroatoms. The van der Waals surface area contributed by atoms with Crippen LogP contribution in [0.5, 0.6) is 5.75 Å². The molecule has 0 aliphatic heterocycles. The molecule has 5 aromatic rings. The lowest BCUT2D eigenvalue weighted by atomic mass is 10.2. The number of hydrogen-bond acceptors (Lipinski definition) is 7. The Morgan fingerprint density at radius 3 is 2.58 bits per heavy atom. The van der Waals surface area contributed by atoms with E-state index < -0.39 is 0 Å². The van der Waals surface area contributed by atoms with Gasteiger partial charge in [0, 0.05) is 0 Å². The smallest absolute Gasteiger partial charge is 0.309 e. The molecule has 3 aromatic carbocycles. The van der Waals surface area contributed by atoms with Crippen molar-refractivity contribution < 1.29 is 9.53 Å². The van der Waals surface area contributed by atoms with E-state index in [0.29, 0.717) is 16.7 Å². The van der Waals surface area contributed by atoms with E-state index in [2.05, 4.69) is 21.1 Å². The molecule has 0 radical (unpaired) electrons. The number of carbonyl (C=O) groups excluding carboxylic acids is 1. The molecule has 0 N–H and O–H groups in total. The summed E-state index contributed by atoms with van der Waals surface area (Å²) in [5, 5.41) is 6.75. The van der Waals surface area contributed by atoms with Gasteiger partial charge in [-0.05, 0) is 73.5 Å². The number of rotatable bonds is 6. The summed E-state index contributed by atoms with van der Waals surface area (Å²) >= 11 is 2.78. The lowest BCUT2D eigenvalue weighted by Gasteiger charge is -2.12. The van der Waals surface area contributed by atoms with Crippen LogP contribution in [0.25, 0.3) is 20.4 Å². The molecule has 0 bridgehead atoms. The van der Waals surface area contributed by atoms with Crippen LogP contribution in [0.2, 0.25) is 0 Å². The number of aromatic nitrogens is 2. The maximum atomic E-state index is 13.5. The van der Waals surface area contributed by atoms with Crippen LogP contribution in [-0.4, -0.2) is 28.7 Å². The van der Waals surface area contributed by atoms with Crippen LogP contribution in [-0.2, 0) is 0 Å². The van der Waals surface area contributed by atoms with Crippen molar-refractivity contribution in [1.29, 1.82) is 0 Å². The second-order valence-corrected chi connectivity index (χ2v) is 9.36. The number of hydrogen-bond donors (Lipinski definition) is 0. The van der Waals surface area contributed by atoms with E-state index >= 15 is 0 Å². The number of anilines is 1. The Labute approximate surface area is 198 Å². The molecule has 33 heavy (non-hydrogen) atoms. The van der Waals surface area contributed by atoms with Crippen molar-refractivity contribution in [2.75, 3.05) is 11.6 Å². The summed E-state index contributed by atoms with van der Waals surface area (Å²) in [6.45, 7) is 4.59. The highest BCUT2D eigenvalue weighted by Gasteiger charge is 2.24. The Bertz CT molecular complexity index is 1440. The molecule has 0 saturated heterocycles. The number of thiazole rings is 2. The molecule has 6 nitrogen and oxygen atoms in total. The number of hydrazone groups is 1. The number of aryl methyl sites for hydroxylation is 1. The van der Waals surface area contributed by atoms with Gasteiger partial charge in [0.25, 0.3) is 0 Å². The molecule has 164 valence electrons. The summed E-state index contributed by atoms with van der Waals surface area (Å²) in [6.07, 6.45) is 1.65. The van der Waals surface area contributed by atoms with Gasteiger partial charge in [0.05, 0.1) is 33.3 Å². The normalized spacial score (nSPS) is 11.5. The summed E-state index contributed by atoms with van der Waals surface area (Å²) < 4.78 is 7.46. The van der Waals surface area contributed by atoms with Gasteiger partial charge in [-0.3, -0.25) is 4.79 Å². The fourth-order valence-corrected chi connectivity index (χ4v) is 5.21. The first-order valence-corrected chi connectivity index (χ1v) is 12.1. The highest BCUT2D eigenvalue weighted by molar-refractivity contribution is 7.22. The molecular formula is C25H20N4O2S2. The number of fused-ring (bicyclic) bond motifs is 2. The van der Waals surface area contributed by atoms with Crippen molar-refractivity contribution in [2.45, 2.75) is 13.8 Å². The minimum absolute atomic E-state index is 0.311. The van der Waals surface area contributed by atoms with Crippen LogP contribution in [0.3, 0.4) is 0 Å². The van der Waals surface area contributed by atoms with Gasteiger partial charge in [0.1, 0.15) is 5.75 Å². The third kappa shape index (κ3) is 4.48. The number of para-hydroxylation sites is 1. The monoisotopic (exact) mass is 472 g/mol. The Morgan fingerprint density at radius 2 is 1.79 bits per heavy atom. The first-order valence-electron chi connectivity index (χ1n) is 10.4. The van der Waals surface area contributed by atoms with Crippen LogP contribution in [0, 0.1) is 6.92 Å². The zero-order valence-corrected chi connectivity index (χ0v) is 19.7. The second-order valence-electron chi connectivity index (χ2n) is 7.32. The van der Waals surface area contributed by atoms with E-state index in [1.54, 1.807) is 6.21 Å². The summed E-state index contributed by atoms with van der Waals surface area (Å²) in [4.78, 5) is 22.7. The summed E-state index contributed by atoms with van der Waals surface area (Å²) in [5.74, 6) is 0.479. The molecule has 1 amide bonds. The van der Waals surface area contributed by atoms with Crippen molar-refractivity contribution in [2.24, 2.45) is 5.10 Å². The minimum atomic E-state index is -0.311. The van der Waals surface area contributed by atoms with Gasteiger partial charge in [-0.1, -0.05) is 29.5 Å². The number of ether oxygens (including phenoxy) is 1. The second kappa shape index (κ2) is 9.09. The van der Waals surface area contributed by atoms with Crippen molar-refractivity contribution in [3.05, 3.63) is 82.9 Å². The molecule has 0 saturated carbocycles. The van der Waals surface area contributed by atoms with E-state index in [1.165, 1.54) is 27.7 Å². The molecule has 5 rings (SSSR count). The van der Waals surface area contributed by atoms with Crippen molar-refractivity contribution >= 4 is 60.4 Å². The van der Waals surface area contributed by atoms with Gasteiger partial charge < -0.3 is 4.74 Å². The zero-order chi connectivity index (χ0) is 22.8. The Hall–Kier alpha value is -3.62. The molecule has 0 unspecified atom stereocenters. The molecule has 0 spiro atoms. The Morgan fingerprint density at radius 1 is 1.00 bits per heavy atom. The van der Waals surface area contributed by atoms with Gasteiger partial charge in [-0.25, -0.2) is 9.97 Å². The van der Waals surface area contributed by atoms with Crippen LogP contribution < -0.4 is 9.75 Å². The van der Waals surface area contributed by atoms with E-state index in [-0.39, 0.29) is 5.91 Å². The van der Waals surface area contributed by atoms with Gasteiger partial charge in [-0.15, -0.1) is 11.3 Å². The number of nitrogens with zero attached hydrogens (tertiary/aromatic N) is 4. The SMILES string of the molecule is CCOc1ccc(/C=N/N(C(=O)c2nc3ccccc3s2)c2nc3ccc(C)cc3s2)cc1. The molecule has 0 aliphatic carbocycles. The summed E-state index contributed by atoms with van der Waals surface area (Å²) in [6, 6.07) is 21.3. The maximum Gasteiger partial charge on any atom is 0.309 e. The molecule has 2 heterocycles. The maximum absolute atomic E-state index is 13.5. The van der Waals surface area contributed by atoms with E-state index in [0.717, 1.165) is 37.3 Å². The van der Waals surface area contributed by atoms with Gasteiger partial charge in [0.15, 0.2) is 5.01 Å². The van der Waals surface area contributed by atoms with Crippen molar-refractivity contribution in [3.63, 3.8) is 0 Å². The molecule has 0 aliphatic rings. The fourth-order valence-electron chi connectivity index (χ4n) is 3.29. The van der Waals surface area contributed by atoms with E-state index in [9.17, 15) is 4.79 Å². The topological polar surface area (TPSA) is 67.7 Å². The quantitative estimate of drug-likeness (QED) is 0.215. The minimum Gasteiger partial charge on any atom is -0.494 e.